The van der Waals surface area contributed by atoms with Crippen LogP contribution in [0, 0.1) is 0 Å². The van der Waals surface area contributed by atoms with E-state index in [1.54, 1.807) is 6.07 Å². The first kappa shape index (κ1) is 13.6. The van der Waals surface area contributed by atoms with Crippen LogP contribution < -0.4 is 0 Å². The molecule has 88 valence electrons. The minimum atomic E-state index is 0.0370. The van der Waals surface area contributed by atoms with Gasteiger partial charge in [0.25, 0.3) is 5.91 Å². The van der Waals surface area contributed by atoms with Gasteiger partial charge >= 0.3 is 0 Å². The third-order valence-electron chi connectivity index (χ3n) is 2.42. The average molecular weight is 302 g/mol. The van der Waals surface area contributed by atoms with Crippen molar-refractivity contribution < 1.29 is 4.79 Å². The SMILES string of the molecule is CCN(C(=O)c1ccc(Br)cc1S)C(C)C. The highest BCUT2D eigenvalue weighted by atomic mass is 79.9. The first-order valence-corrected chi connectivity index (χ1v) is 6.50. The van der Waals surface area contributed by atoms with Gasteiger partial charge in [-0.3, -0.25) is 4.79 Å². The first-order chi connectivity index (χ1) is 7.47. The van der Waals surface area contributed by atoms with Gasteiger partial charge in [-0.1, -0.05) is 15.9 Å². The van der Waals surface area contributed by atoms with E-state index in [0.717, 1.165) is 4.47 Å². The summed E-state index contributed by atoms with van der Waals surface area (Å²) in [5.74, 6) is 0.0370. The summed E-state index contributed by atoms with van der Waals surface area (Å²) in [4.78, 5) is 14.7. The highest BCUT2D eigenvalue weighted by Gasteiger charge is 2.18. The molecule has 0 aromatic heterocycles. The smallest absolute Gasteiger partial charge is 0.255 e. The van der Waals surface area contributed by atoms with Crippen LogP contribution >= 0.6 is 28.6 Å². The van der Waals surface area contributed by atoms with Crippen molar-refractivity contribution in [1.82, 2.24) is 4.90 Å². The topological polar surface area (TPSA) is 20.3 Å². The fourth-order valence-corrected chi connectivity index (χ4v) is 2.43. The Bertz CT molecular complexity index is 393. The normalized spacial score (nSPS) is 10.6. The molecule has 0 aliphatic rings. The second kappa shape index (κ2) is 5.73. The number of halogens is 1. The Labute approximate surface area is 111 Å². The van der Waals surface area contributed by atoms with Crippen molar-refractivity contribution in [2.45, 2.75) is 31.7 Å². The summed E-state index contributed by atoms with van der Waals surface area (Å²) in [7, 11) is 0. The van der Waals surface area contributed by atoms with Crippen molar-refractivity contribution in [2.24, 2.45) is 0 Å². The van der Waals surface area contributed by atoms with Crippen molar-refractivity contribution in [2.75, 3.05) is 6.54 Å². The molecule has 0 unspecified atom stereocenters. The quantitative estimate of drug-likeness (QED) is 0.846. The van der Waals surface area contributed by atoms with Crippen LogP contribution in [0.25, 0.3) is 0 Å². The van der Waals surface area contributed by atoms with E-state index in [4.69, 9.17) is 0 Å². The molecule has 0 aliphatic heterocycles. The van der Waals surface area contributed by atoms with Crippen molar-refractivity contribution >= 4 is 34.5 Å². The zero-order valence-electron chi connectivity index (χ0n) is 9.70. The molecule has 0 aliphatic carbocycles. The van der Waals surface area contributed by atoms with Crippen LogP contribution in [0.15, 0.2) is 27.6 Å². The summed E-state index contributed by atoms with van der Waals surface area (Å²) in [5.41, 5.74) is 0.655. The van der Waals surface area contributed by atoms with Crippen LogP contribution in [0.2, 0.25) is 0 Å². The number of nitrogens with zero attached hydrogens (tertiary/aromatic N) is 1. The Morgan fingerprint density at radius 3 is 2.56 bits per heavy atom. The molecule has 0 fully saturated rings. The molecule has 2 nitrogen and oxygen atoms in total. The lowest BCUT2D eigenvalue weighted by Crippen LogP contribution is -2.36. The van der Waals surface area contributed by atoms with E-state index in [1.165, 1.54) is 0 Å². The van der Waals surface area contributed by atoms with Gasteiger partial charge in [0, 0.05) is 22.0 Å². The van der Waals surface area contributed by atoms with Gasteiger partial charge in [0.2, 0.25) is 0 Å². The largest absolute Gasteiger partial charge is 0.336 e. The molecule has 0 spiro atoms. The number of carbonyl (C=O) groups excluding carboxylic acids is 1. The molecular weight excluding hydrogens is 286 g/mol. The molecule has 0 heterocycles. The van der Waals surface area contributed by atoms with Gasteiger partial charge in [0.1, 0.15) is 0 Å². The molecule has 0 atom stereocenters. The maximum absolute atomic E-state index is 12.2. The van der Waals surface area contributed by atoms with Crippen LogP contribution in [0.4, 0.5) is 0 Å². The Kier molecular flexibility index (Phi) is 4.87. The van der Waals surface area contributed by atoms with Gasteiger partial charge in [-0.25, -0.2) is 0 Å². The van der Waals surface area contributed by atoms with E-state index in [1.807, 2.05) is 37.8 Å². The maximum atomic E-state index is 12.2. The van der Waals surface area contributed by atoms with Crippen LogP contribution in [-0.4, -0.2) is 23.4 Å². The molecule has 0 N–H and O–H groups in total. The number of carbonyl (C=O) groups is 1. The number of hydrogen-bond acceptors (Lipinski definition) is 2. The molecule has 1 amide bonds. The predicted octanol–water partition coefficient (Wildman–Crippen LogP) is 3.61. The van der Waals surface area contributed by atoms with Crippen LogP contribution in [0.3, 0.4) is 0 Å². The second-order valence-electron chi connectivity index (χ2n) is 3.85. The first-order valence-electron chi connectivity index (χ1n) is 5.26. The number of benzene rings is 1. The Morgan fingerprint density at radius 2 is 2.12 bits per heavy atom. The van der Waals surface area contributed by atoms with Crippen molar-refractivity contribution in [3.8, 4) is 0 Å². The Morgan fingerprint density at radius 1 is 1.50 bits per heavy atom. The van der Waals surface area contributed by atoms with Crippen molar-refractivity contribution in [3.63, 3.8) is 0 Å². The third-order valence-corrected chi connectivity index (χ3v) is 3.28. The van der Waals surface area contributed by atoms with Gasteiger partial charge in [-0.2, -0.15) is 0 Å². The molecule has 1 aromatic carbocycles. The number of rotatable bonds is 3. The van der Waals surface area contributed by atoms with Gasteiger partial charge in [-0.15, -0.1) is 12.6 Å². The van der Waals surface area contributed by atoms with E-state index in [-0.39, 0.29) is 11.9 Å². The zero-order chi connectivity index (χ0) is 12.3. The Balaban J connectivity index is 3.04. The van der Waals surface area contributed by atoms with Gasteiger partial charge in [0.15, 0.2) is 0 Å². The fourth-order valence-electron chi connectivity index (χ4n) is 1.58. The zero-order valence-corrected chi connectivity index (χ0v) is 12.2. The van der Waals surface area contributed by atoms with E-state index in [0.29, 0.717) is 17.0 Å². The van der Waals surface area contributed by atoms with Crippen LogP contribution in [-0.2, 0) is 0 Å². The average Bonchev–Trinajstić information content (AvgIpc) is 2.17. The molecule has 4 heteroatoms. The lowest BCUT2D eigenvalue weighted by molar-refractivity contribution is 0.0713. The highest BCUT2D eigenvalue weighted by Crippen LogP contribution is 2.21. The monoisotopic (exact) mass is 301 g/mol. The van der Waals surface area contributed by atoms with E-state index >= 15 is 0 Å². The van der Waals surface area contributed by atoms with Gasteiger partial charge in [-0.05, 0) is 39.0 Å². The molecule has 0 bridgehead atoms. The van der Waals surface area contributed by atoms with Crippen molar-refractivity contribution in [1.29, 1.82) is 0 Å². The third kappa shape index (κ3) is 3.01. The van der Waals surface area contributed by atoms with Gasteiger partial charge < -0.3 is 4.90 Å². The molecular formula is C12H16BrNOS. The summed E-state index contributed by atoms with van der Waals surface area (Å²) < 4.78 is 0.932. The second-order valence-corrected chi connectivity index (χ2v) is 5.24. The fraction of sp³-hybridized carbons (Fsp3) is 0.417. The highest BCUT2D eigenvalue weighted by molar-refractivity contribution is 9.10. The molecule has 0 saturated heterocycles. The van der Waals surface area contributed by atoms with Crippen molar-refractivity contribution in [3.05, 3.63) is 28.2 Å². The summed E-state index contributed by atoms with van der Waals surface area (Å²) in [6.45, 7) is 6.71. The standard InChI is InChI=1S/C12H16BrNOS/c1-4-14(8(2)3)12(15)10-6-5-9(13)7-11(10)16/h5-8,16H,4H2,1-3H3. The molecule has 16 heavy (non-hydrogen) atoms. The van der Waals surface area contributed by atoms with E-state index in [2.05, 4.69) is 28.6 Å². The lowest BCUT2D eigenvalue weighted by Gasteiger charge is -2.25. The summed E-state index contributed by atoms with van der Waals surface area (Å²) in [6.07, 6.45) is 0. The lowest BCUT2D eigenvalue weighted by atomic mass is 10.1. The van der Waals surface area contributed by atoms with E-state index < -0.39 is 0 Å². The molecule has 1 aromatic rings. The van der Waals surface area contributed by atoms with Crippen LogP contribution in [0.5, 0.6) is 0 Å². The summed E-state index contributed by atoms with van der Waals surface area (Å²) in [6, 6.07) is 5.71. The number of amides is 1. The maximum Gasteiger partial charge on any atom is 0.255 e. The molecule has 0 radical (unpaired) electrons. The van der Waals surface area contributed by atoms with Gasteiger partial charge in [0.05, 0.1) is 5.56 Å². The van der Waals surface area contributed by atoms with Crippen LogP contribution in [0.1, 0.15) is 31.1 Å². The number of hydrogen-bond donors (Lipinski definition) is 1. The number of thiol groups is 1. The minimum Gasteiger partial charge on any atom is -0.336 e. The molecule has 1 rings (SSSR count). The molecule has 0 saturated carbocycles. The predicted molar refractivity (Wildman–Crippen MR) is 73.2 cm³/mol. The summed E-state index contributed by atoms with van der Waals surface area (Å²) >= 11 is 7.69. The summed E-state index contributed by atoms with van der Waals surface area (Å²) in [5, 5.41) is 0. The minimum absolute atomic E-state index is 0.0370. The van der Waals surface area contributed by atoms with E-state index in [9.17, 15) is 4.79 Å². The Hall–Kier alpha value is -0.480.